The topological polar surface area (TPSA) is 58.0 Å². The number of nitrogens with one attached hydrogen (secondary N) is 1. The minimum atomic E-state index is 0.233. The van der Waals surface area contributed by atoms with Gasteiger partial charge in [0.05, 0.1) is 0 Å². The van der Waals surface area contributed by atoms with E-state index in [9.17, 15) is 0 Å². The maximum atomic E-state index is 8.76. The second-order valence-electron chi connectivity index (χ2n) is 3.45. The van der Waals surface area contributed by atoms with Crippen LogP contribution in [0.3, 0.4) is 0 Å². The quantitative estimate of drug-likeness (QED) is 0.452. The van der Waals surface area contributed by atoms with Gasteiger partial charge in [-0.05, 0) is 13.3 Å². The molecule has 0 radical (unpaired) electrons. The first-order chi connectivity index (χ1) is 7.72. The summed E-state index contributed by atoms with van der Waals surface area (Å²) in [5.41, 5.74) is 1.09. The fourth-order valence-corrected chi connectivity index (χ4v) is 2.27. The van der Waals surface area contributed by atoms with Crippen LogP contribution in [0.2, 0.25) is 0 Å². The average molecular weight is 241 g/mol. The highest BCUT2D eigenvalue weighted by Crippen LogP contribution is 2.25. The molecule has 5 heteroatoms. The number of aliphatic hydroxyl groups is 1. The van der Waals surface area contributed by atoms with Crippen LogP contribution >= 0.6 is 11.8 Å². The van der Waals surface area contributed by atoms with E-state index in [0.717, 1.165) is 40.8 Å². The van der Waals surface area contributed by atoms with Crippen molar-refractivity contribution in [1.29, 1.82) is 0 Å². The molecule has 4 nitrogen and oxygen atoms in total. The van der Waals surface area contributed by atoms with Gasteiger partial charge in [0.15, 0.2) is 0 Å². The van der Waals surface area contributed by atoms with Gasteiger partial charge in [0, 0.05) is 31.4 Å². The van der Waals surface area contributed by atoms with Crippen molar-refractivity contribution in [2.24, 2.45) is 0 Å². The Balaban J connectivity index is 2.88. The van der Waals surface area contributed by atoms with Crippen molar-refractivity contribution < 1.29 is 5.11 Å². The Bertz CT molecular complexity index is 344. The summed E-state index contributed by atoms with van der Waals surface area (Å²) in [6, 6.07) is 0. The van der Waals surface area contributed by atoms with E-state index in [1.165, 1.54) is 0 Å². The number of thioether (sulfide) groups is 1. The summed E-state index contributed by atoms with van der Waals surface area (Å²) in [6.45, 7) is 4.30. The number of aliphatic hydroxyl groups excluding tert-OH is 1. The van der Waals surface area contributed by atoms with E-state index in [2.05, 4.69) is 15.3 Å². The third kappa shape index (κ3) is 3.35. The highest BCUT2D eigenvalue weighted by Gasteiger charge is 2.09. The van der Waals surface area contributed by atoms with Crippen molar-refractivity contribution in [3.8, 4) is 0 Å². The van der Waals surface area contributed by atoms with Crippen LogP contribution in [-0.2, 0) is 6.42 Å². The molecule has 0 aromatic carbocycles. The highest BCUT2D eigenvalue weighted by atomic mass is 32.2. The molecule has 1 rings (SSSR count). The van der Waals surface area contributed by atoms with E-state index < -0.39 is 0 Å². The molecule has 0 unspecified atom stereocenters. The van der Waals surface area contributed by atoms with Gasteiger partial charge in [-0.1, -0.05) is 6.92 Å². The SMILES string of the molecule is CCc1nc(NC)c(C)c(SCCCO)n1. The molecule has 0 atom stereocenters. The summed E-state index contributed by atoms with van der Waals surface area (Å²) in [6.07, 6.45) is 1.63. The highest BCUT2D eigenvalue weighted by molar-refractivity contribution is 7.99. The molecule has 0 saturated carbocycles. The number of anilines is 1. The van der Waals surface area contributed by atoms with E-state index in [4.69, 9.17) is 5.11 Å². The summed E-state index contributed by atoms with van der Waals surface area (Å²) < 4.78 is 0. The molecule has 0 bridgehead atoms. The summed E-state index contributed by atoms with van der Waals surface area (Å²) in [7, 11) is 1.87. The van der Waals surface area contributed by atoms with Crippen molar-refractivity contribution in [3.05, 3.63) is 11.4 Å². The summed E-state index contributed by atoms with van der Waals surface area (Å²) in [5.74, 6) is 2.65. The lowest BCUT2D eigenvalue weighted by atomic mass is 10.3. The van der Waals surface area contributed by atoms with E-state index in [0.29, 0.717) is 0 Å². The first-order valence-electron chi connectivity index (χ1n) is 5.51. The van der Waals surface area contributed by atoms with Gasteiger partial charge in [-0.25, -0.2) is 9.97 Å². The standard InChI is InChI=1S/C11H19N3OS/c1-4-9-13-10(12-3)8(2)11(14-9)16-7-5-6-15/h15H,4-7H2,1-3H3,(H,12,13,14). The lowest BCUT2D eigenvalue weighted by molar-refractivity contribution is 0.296. The molecule has 16 heavy (non-hydrogen) atoms. The number of aryl methyl sites for hydroxylation is 1. The van der Waals surface area contributed by atoms with Crippen LogP contribution in [0.5, 0.6) is 0 Å². The van der Waals surface area contributed by atoms with Crippen LogP contribution in [-0.4, -0.2) is 34.5 Å². The maximum Gasteiger partial charge on any atom is 0.133 e. The van der Waals surface area contributed by atoms with Crippen LogP contribution < -0.4 is 5.32 Å². The zero-order valence-corrected chi connectivity index (χ0v) is 10.9. The number of rotatable bonds is 6. The predicted octanol–water partition coefficient (Wildman–Crippen LogP) is 1.86. The monoisotopic (exact) mass is 241 g/mol. The minimum Gasteiger partial charge on any atom is -0.396 e. The molecule has 0 aliphatic rings. The van der Waals surface area contributed by atoms with Crippen LogP contribution in [0.25, 0.3) is 0 Å². The normalized spacial score (nSPS) is 10.5. The third-order valence-corrected chi connectivity index (χ3v) is 3.41. The second-order valence-corrected chi connectivity index (χ2v) is 4.53. The summed E-state index contributed by atoms with van der Waals surface area (Å²) in [4.78, 5) is 8.91. The fraction of sp³-hybridized carbons (Fsp3) is 0.636. The van der Waals surface area contributed by atoms with Crippen LogP contribution in [0.15, 0.2) is 5.03 Å². The van der Waals surface area contributed by atoms with Gasteiger partial charge in [-0.15, -0.1) is 11.8 Å². The number of hydrogen-bond donors (Lipinski definition) is 2. The molecule has 0 spiro atoms. The van der Waals surface area contributed by atoms with E-state index in [1.807, 2.05) is 20.9 Å². The maximum absolute atomic E-state index is 8.76. The Hall–Kier alpha value is -0.810. The Morgan fingerprint density at radius 3 is 2.69 bits per heavy atom. The zero-order valence-electron chi connectivity index (χ0n) is 10.1. The fourth-order valence-electron chi connectivity index (χ4n) is 1.32. The first-order valence-corrected chi connectivity index (χ1v) is 6.50. The van der Waals surface area contributed by atoms with Crippen molar-refractivity contribution in [2.45, 2.75) is 31.7 Å². The number of hydrogen-bond acceptors (Lipinski definition) is 5. The molecule has 0 fully saturated rings. The van der Waals surface area contributed by atoms with Crippen molar-refractivity contribution in [2.75, 3.05) is 24.7 Å². The van der Waals surface area contributed by atoms with Gasteiger partial charge in [-0.3, -0.25) is 0 Å². The Morgan fingerprint density at radius 2 is 2.12 bits per heavy atom. The van der Waals surface area contributed by atoms with Crippen LogP contribution in [0.4, 0.5) is 5.82 Å². The largest absolute Gasteiger partial charge is 0.396 e. The Labute approximate surface area is 101 Å². The molecule has 1 aromatic rings. The molecule has 0 amide bonds. The van der Waals surface area contributed by atoms with Crippen molar-refractivity contribution in [3.63, 3.8) is 0 Å². The predicted molar refractivity (Wildman–Crippen MR) is 68.1 cm³/mol. The molecular weight excluding hydrogens is 222 g/mol. The number of aromatic nitrogens is 2. The smallest absolute Gasteiger partial charge is 0.133 e. The molecule has 0 aliphatic heterocycles. The molecular formula is C11H19N3OS. The van der Waals surface area contributed by atoms with Gasteiger partial charge in [0.2, 0.25) is 0 Å². The summed E-state index contributed by atoms with van der Waals surface area (Å²) >= 11 is 1.68. The Kier molecular flexibility index (Phi) is 5.55. The first kappa shape index (κ1) is 13.3. The second kappa shape index (κ2) is 6.70. The van der Waals surface area contributed by atoms with Gasteiger partial charge in [0.25, 0.3) is 0 Å². The Morgan fingerprint density at radius 1 is 1.38 bits per heavy atom. The van der Waals surface area contributed by atoms with Crippen LogP contribution in [0.1, 0.15) is 24.7 Å². The van der Waals surface area contributed by atoms with Gasteiger partial charge in [-0.2, -0.15) is 0 Å². The minimum absolute atomic E-state index is 0.233. The lowest BCUT2D eigenvalue weighted by Crippen LogP contribution is -2.04. The van der Waals surface area contributed by atoms with Crippen molar-refractivity contribution >= 4 is 17.6 Å². The molecule has 0 saturated heterocycles. The molecule has 1 heterocycles. The third-order valence-electron chi connectivity index (χ3n) is 2.24. The van der Waals surface area contributed by atoms with Gasteiger partial charge in [0.1, 0.15) is 16.7 Å². The molecule has 2 N–H and O–H groups in total. The van der Waals surface area contributed by atoms with E-state index in [-0.39, 0.29) is 6.61 Å². The average Bonchev–Trinajstić information content (AvgIpc) is 2.31. The zero-order chi connectivity index (χ0) is 12.0. The van der Waals surface area contributed by atoms with Crippen molar-refractivity contribution in [1.82, 2.24) is 9.97 Å². The molecule has 90 valence electrons. The lowest BCUT2D eigenvalue weighted by Gasteiger charge is -2.10. The summed E-state index contributed by atoms with van der Waals surface area (Å²) in [5, 5.41) is 12.9. The van der Waals surface area contributed by atoms with Gasteiger partial charge < -0.3 is 10.4 Å². The molecule has 0 aliphatic carbocycles. The van der Waals surface area contributed by atoms with E-state index in [1.54, 1.807) is 11.8 Å². The van der Waals surface area contributed by atoms with E-state index >= 15 is 0 Å². The number of nitrogens with zero attached hydrogens (tertiary/aromatic N) is 2. The molecule has 1 aromatic heterocycles. The van der Waals surface area contributed by atoms with Gasteiger partial charge >= 0.3 is 0 Å². The van der Waals surface area contributed by atoms with Crippen LogP contribution in [0, 0.1) is 6.92 Å².